The predicted molar refractivity (Wildman–Crippen MR) is 129 cm³/mol. The summed E-state index contributed by atoms with van der Waals surface area (Å²) < 4.78 is 5.43. The highest BCUT2D eigenvalue weighted by molar-refractivity contribution is 5.89. The van der Waals surface area contributed by atoms with Crippen LogP contribution < -0.4 is 4.74 Å². The molecule has 0 bridgehead atoms. The van der Waals surface area contributed by atoms with Crippen LogP contribution in [-0.2, 0) is 29.1 Å². The third-order valence-corrected chi connectivity index (χ3v) is 6.16. The molecule has 0 aliphatic carbocycles. The summed E-state index contributed by atoms with van der Waals surface area (Å²) in [4.78, 5) is 30.0. The van der Waals surface area contributed by atoms with Crippen molar-refractivity contribution in [3.05, 3.63) is 102 Å². The molecule has 0 radical (unpaired) electrons. The van der Waals surface area contributed by atoms with Gasteiger partial charge < -0.3 is 14.5 Å². The second-order valence-corrected chi connectivity index (χ2v) is 8.47. The van der Waals surface area contributed by atoms with E-state index < -0.39 is 0 Å². The molecule has 170 valence electrons. The molecule has 2 amide bonds. The lowest BCUT2D eigenvalue weighted by molar-refractivity contribution is -0.136. The summed E-state index contributed by atoms with van der Waals surface area (Å²) in [6, 6.07) is 27.9. The number of ether oxygens (including phenoxy) is 1. The van der Waals surface area contributed by atoms with Gasteiger partial charge in [-0.15, -0.1) is 0 Å². The van der Waals surface area contributed by atoms with Gasteiger partial charge in [0.1, 0.15) is 5.75 Å². The molecule has 0 N–H and O–H groups in total. The molecule has 1 unspecified atom stereocenters. The van der Waals surface area contributed by atoms with Crippen LogP contribution in [0.5, 0.6) is 5.75 Å². The Morgan fingerprint density at radius 1 is 0.939 bits per heavy atom. The Hall–Kier alpha value is -3.60. The first-order valence-electron chi connectivity index (χ1n) is 11.4. The Labute approximate surface area is 195 Å². The summed E-state index contributed by atoms with van der Waals surface area (Å²) in [5.74, 6) is 0.493. The fourth-order valence-corrected chi connectivity index (χ4v) is 4.37. The SMILES string of the molecule is COc1ccccc1CN1CC(C(=O)N(CCc2ccccc2)Cc2ccccc2)CC1=O. The molecule has 4 rings (SSSR count). The first-order valence-corrected chi connectivity index (χ1v) is 11.4. The Morgan fingerprint density at radius 3 is 2.27 bits per heavy atom. The number of hydrogen-bond acceptors (Lipinski definition) is 3. The molecule has 1 fully saturated rings. The highest BCUT2D eigenvalue weighted by Crippen LogP contribution is 2.26. The van der Waals surface area contributed by atoms with Gasteiger partial charge in [0.15, 0.2) is 0 Å². The number of amides is 2. The maximum atomic E-state index is 13.6. The zero-order chi connectivity index (χ0) is 23.0. The van der Waals surface area contributed by atoms with E-state index in [0.717, 1.165) is 23.3 Å². The number of likely N-dealkylation sites (tertiary alicyclic amines) is 1. The van der Waals surface area contributed by atoms with Gasteiger partial charge in [-0.1, -0.05) is 78.9 Å². The minimum atomic E-state index is -0.327. The molecule has 5 nitrogen and oxygen atoms in total. The number of para-hydroxylation sites is 1. The van der Waals surface area contributed by atoms with Crippen LogP contribution in [0.15, 0.2) is 84.9 Å². The van der Waals surface area contributed by atoms with Crippen molar-refractivity contribution in [2.45, 2.75) is 25.9 Å². The summed E-state index contributed by atoms with van der Waals surface area (Å²) in [7, 11) is 1.63. The average Bonchev–Trinajstić information content (AvgIpc) is 3.23. The summed E-state index contributed by atoms with van der Waals surface area (Å²) in [5, 5.41) is 0. The lowest BCUT2D eigenvalue weighted by atomic mass is 10.1. The molecule has 1 heterocycles. The highest BCUT2D eigenvalue weighted by Gasteiger charge is 2.36. The van der Waals surface area contributed by atoms with Crippen molar-refractivity contribution in [3.8, 4) is 5.75 Å². The van der Waals surface area contributed by atoms with Crippen molar-refractivity contribution >= 4 is 11.8 Å². The van der Waals surface area contributed by atoms with E-state index in [-0.39, 0.29) is 24.2 Å². The van der Waals surface area contributed by atoms with Crippen LogP contribution in [0.3, 0.4) is 0 Å². The number of hydrogen-bond donors (Lipinski definition) is 0. The normalized spacial score (nSPS) is 15.5. The second-order valence-electron chi connectivity index (χ2n) is 8.47. The van der Waals surface area contributed by atoms with Gasteiger partial charge in [0.2, 0.25) is 11.8 Å². The molecular formula is C28H30N2O3. The van der Waals surface area contributed by atoms with Crippen LogP contribution in [0.25, 0.3) is 0 Å². The minimum absolute atomic E-state index is 0.0157. The quantitative estimate of drug-likeness (QED) is 0.496. The number of methoxy groups -OCH3 is 1. The molecule has 3 aromatic carbocycles. The smallest absolute Gasteiger partial charge is 0.228 e. The summed E-state index contributed by atoms with van der Waals surface area (Å²) in [6.07, 6.45) is 1.04. The third kappa shape index (κ3) is 5.80. The van der Waals surface area contributed by atoms with E-state index in [9.17, 15) is 9.59 Å². The van der Waals surface area contributed by atoms with E-state index in [1.807, 2.05) is 77.7 Å². The number of carbonyl (C=O) groups excluding carboxylic acids is 2. The highest BCUT2D eigenvalue weighted by atomic mass is 16.5. The van der Waals surface area contributed by atoms with Crippen molar-refractivity contribution in [2.75, 3.05) is 20.2 Å². The molecule has 33 heavy (non-hydrogen) atoms. The van der Waals surface area contributed by atoms with Crippen molar-refractivity contribution < 1.29 is 14.3 Å². The predicted octanol–water partition coefficient (Wildman–Crippen LogP) is 4.32. The first kappa shape index (κ1) is 22.6. The van der Waals surface area contributed by atoms with Crippen molar-refractivity contribution in [2.24, 2.45) is 5.92 Å². The van der Waals surface area contributed by atoms with Crippen LogP contribution in [-0.4, -0.2) is 41.8 Å². The van der Waals surface area contributed by atoms with Crippen LogP contribution in [0.2, 0.25) is 0 Å². The fourth-order valence-electron chi connectivity index (χ4n) is 4.37. The molecule has 5 heteroatoms. The minimum Gasteiger partial charge on any atom is -0.496 e. The number of carbonyl (C=O) groups is 2. The fraction of sp³-hybridized carbons (Fsp3) is 0.286. The monoisotopic (exact) mass is 442 g/mol. The van der Waals surface area contributed by atoms with Crippen LogP contribution in [0, 0.1) is 5.92 Å². The van der Waals surface area contributed by atoms with E-state index in [0.29, 0.717) is 26.2 Å². The van der Waals surface area contributed by atoms with E-state index in [4.69, 9.17) is 4.74 Å². The zero-order valence-electron chi connectivity index (χ0n) is 19.0. The van der Waals surface area contributed by atoms with Gasteiger partial charge in [-0.25, -0.2) is 0 Å². The van der Waals surface area contributed by atoms with Gasteiger partial charge in [-0.2, -0.15) is 0 Å². The number of benzene rings is 3. The largest absolute Gasteiger partial charge is 0.496 e. The van der Waals surface area contributed by atoms with Gasteiger partial charge in [-0.3, -0.25) is 9.59 Å². The Morgan fingerprint density at radius 2 is 1.58 bits per heavy atom. The van der Waals surface area contributed by atoms with Crippen molar-refractivity contribution in [1.29, 1.82) is 0 Å². The Bertz CT molecular complexity index is 1070. The van der Waals surface area contributed by atoms with E-state index in [2.05, 4.69) is 12.1 Å². The van der Waals surface area contributed by atoms with Crippen LogP contribution in [0.1, 0.15) is 23.1 Å². The van der Waals surface area contributed by atoms with Gasteiger partial charge in [0.05, 0.1) is 13.0 Å². The molecule has 1 atom stereocenters. The van der Waals surface area contributed by atoms with Gasteiger partial charge in [0, 0.05) is 38.2 Å². The molecule has 0 spiro atoms. The summed E-state index contributed by atoms with van der Waals surface area (Å²) in [5.41, 5.74) is 3.24. The van der Waals surface area contributed by atoms with E-state index >= 15 is 0 Å². The molecule has 3 aromatic rings. The van der Waals surface area contributed by atoms with E-state index in [1.165, 1.54) is 5.56 Å². The van der Waals surface area contributed by atoms with E-state index in [1.54, 1.807) is 12.0 Å². The Balaban J connectivity index is 1.46. The summed E-state index contributed by atoms with van der Waals surface area (Å²) >= 11 is 0. The molecular weight excluding hydrogens is 412 g/mol. The molecule has 1 saturated heterocycles. The molecule has 1 aliphatic rings. The van der Waals surface area contributed by atoms with Crippen LogP contribution in [0.4, 0.5) is 0 Å². The zero-order valence-corrected chi connectivity index (χ0v) is 19.0. The standard InChI is InChI=1S/C28H30N2O3/c1-33-26-15-9-8-14-24(26)20-30-21-25(18-27(30)31)28(32)29(19-23-12-6-3-7-13-23)17-16-22-10-4-2-5-11-22/h2-15,25H,16-21H2,1H3. The van der Waals surface area contributed by atoms with Crippen molar-refractivity contribution in [3.63, 3.8) is 0 Å². The number of rotatable bonds is 9. The van der Waals surface area contributed by atoms with Crippen LogP contribution >= 0.6 is 0 Å². The maximum Gasteiger partial charge on any atom is 0.228 e. The maximum absolute atomic E-state index is 13.6. The lowest BCUT2D eigenvalue weighted by Crippen LogP contribution is -2.38. The van der Waals surface area contributed by atoms with Gasteiger partial charge >= 0.3 is 0 Å². The lowest BCUT2D eigenvalue weighted by Gasteiger charge is -2.26. The topological polar surface area (TPSA) is 49.9 Å². The number of nitrogens with zero attached hydrogens (tertiary/aromatic N) is 2. The average molecular weight is 443 g/mol. The summed E-state index contributed by atoms with van der Waals surface area (Å²) in [6.45, 7) is 2.06. The molecule has 1 aliphatic heterocycles. The van der Waals surface area contributed by atoms with Crippen molar-refractivity contribution in [1.82, 2.24) is 9.80 Å². The van der Waals surface area contributed by atoms with Gasteiger partial charge in [-0.05, 0) is 23.6 Å². The third-order valence-electron chi connectivity index (χ3n) is 6.16. The van der Waals surface area contributed by atoms with Gasteiger partial charge in [0.25, 0.3) is 0 Å². The molecule has 0 aromatic heterocycles. The Kier molecular flexibility index (Phi) is 7.40. The second kappa shape index (κ2) is 10.8. The molecule has 0 saturated carbocycles. The first-order chi connectivity index (χ1) is 16.1.